The van der Waals surface area contributed by atoms with Crippen LogP contribution in [0.4, 0.5) is 0 Å². The van der Waals surface area contributed by atoms with Gasteiger partial charge < -0.3 is 10.1 Å². The van der Waals surface area contributed by atoms with E-state index >= 15 is 0 Å². The Morgan fingerprint density at radius 3 is 2.80 bits per heavy atom. The molecule has 1 heterocycles. The lowest BCUT2D eigenvalue weighted by Crippen LogP contribution is -2.39. The van der Waals surface area contributed by atoms with Crippen molar-refractivity contribution in [3.05, 3.63) is 0 Å². The van der Waals surface area contributed by atoms with E-state index in [4.69, 9.17) is 4.74 Å². The van der Waals surface area contributed by atoms with Crippen LogP contribution in [0.1, 0.15) is 26.7 Å². The lowest BCUT2D eigenvalue weighted by molar-refractivity contribution is 0.0844. The van der Waals surface area contributed by atoms with Gasteiger partial charge in [-0.05, 0) is 19.8 Å². The molecule has 1 rings (SSSR count). The topological polar surface area (TPSA) is 55.4 Å². The molecule has 0 bridgehead atoms. The monoisotopic (exact) mass is 235 g/mol. The second kappa shape index (κ2) is 5.82. The molecule has 1 aliphatic rings. The van der Waals surface area contributed by atoms with Crippen LogP contribution in [0.2, 0.25) is 0 Å². The minimum absolute atomic E-state index is 0.223. The van der Waals surface area contributed by atoms with Crippen LogP contribution >= 0.6 is 0 Å². The summed E-state index contributed by atoms with van der Waals surface area (Å²) in [6, 6.07) is 0.250. The Hall–Kier alpha value is -0.130. The third-order valence-electron chi connectivity index (χ3n) is 2.84. The highest BCUT2D eigenvalue weighted by Gasteiger charge is 2.21. The van der Waals surface area contributed by atoms with E-state index < -0.39 is 9.84 Å². The molecule has 0 spiro atoms. The van der Waals surface area contributed by atoms with Gasteiger partial charge in [-0.1, -0.05) is 6.92 Å². The second-order valence-electron chi connectivity index (χ2n) is 4.03. The number of ether oxygens (including phenoxy) is 1. The van der Waals surface area contributed by atoms with Crippen molar-refractivity contribution in [2.45, 2.75) is 38.8 Å². The zero-order valence-corrected chi connectivity index (χ0v) is 10.3. The van der Waals surface area contributed by atoms with Crippen molar-refractivity contribution in [2.75, 3.05) is 24.7 Å². The molecule has 0 aromatic carbocycles. The molecule has 5 heteroatoms. The smallest absolute Gasteiger partial charge is 0.151 e. The Morgan fingerprint density at radius 2 is 2.27 bits per heavy atom. The summed E-state index contributed by atoms with van der Waals surface area (Å²) in [4.78, 5) is 0. The molecule has 1 aliphatic heterocycles. The Bertz CT molecular complexity index is 270. The van der Waals surface area contributed by atoms with Gasteiger partial charge in [0.05, 0.1) is 11.9 Å². The Kier molecular flexibility index (Phi) is 5.02. The number of sulfone groups is 1. The molecule has 4 nitrogen and oxygen atoms in total. The van der Waals surface area contributed by atoms with Gasteiger partial charge in [-0.25, -0.2) is 8.42 Å². The van der Waals surface area contributed by atoms with E-state index in [2.05, 4.69) is 12.2 Å². The average molecular weight is 235 g/mol. The summed E-state index contributed by atoms with van der Waals surface area (Å²) in [6.45, 7) is 5.09. The quantitative estimate of drug-likeness (QED) is 0.731. The van der Waals surface area contributed by atoms with Crippen molar-refractivity contribution in [3.8, 4) is 0 Å². The summed E-state index contributed by atoms with van der Waals surface area (Å²) in [6.07, 6.45) is 2.45. The molecular formula is C10H21NO3S. The van der Waals surface area contributed by atoms with Crippen LogP contribution in [-0.4, -0.2) is 45.2 Å². The maximum atomic E-state index is 11.2. The summed E-state index contributed by atoms with van der Waals surface area (Å²) in [5.74, 6) is 0.448. The van der Waals surface area contributed by atoms with Gasteiger partial charge >= 0.3 is 0 Å². The Labute approximate surface area is 92.3 Å². The van der Waals surface area contributed by atoms with E-state index in [9.17, 15) is 8.42 Å². The van der Waals surface area contributed by atoms with E-state index in [0.717, 1.165) is 19.4 Å². The molecule has 0 saturated carbocycles. The number of rotatable bonds is 6. The molecular weight excluding hydrogens is 214 g/mol. The van der Waals surface area contributed by atoms with E-state index in [1.165, 1.54) is 0 Å². The fourth-order valence-corrected chi connectivity index (χ4v) is 2.43. The van der Waals surface area contributed by atoms with Crippen molar-refractivity contribution in [1.29, 1.82) is 0 Å². The maximum Gasteiger partial charge on any atom is 0.151 e. The van der Waals surface area contributed by atoms with Crippen LogP contribution in [0.5, 0.6) is 0 Å². The van der Waals surface area contributed by atoms with Crippen LogP contribution in [0, 0.1) is 0 Å². The molecule has 0 aliphatic carbocycles. The molecule has 2 atom stereocenters. The van der Waals surface area contributed by atoms with Crippen LogP contribution < -0.4 is 5.32 Å². The van der Waals surface area contributed by atoms with Crippen molar-refractivity contribution in [1.82, 2.24) is 5.32 Å². The predicted molar refractivity (Wildman–Crippen MR) is 60.8 cm³/mol. The van der Waals surface area contributed by atoms with Crippen LogP contribution in [0.3, 0.4) is 0 Å². The van der Waals surface area contributed by atoms with Crippen LogP contribution in [-0.2, 0) is 14.6 Å². The molecule has 0 radical (unpaired) electrons. The first-order valence-corrected chi connectivity index (χ1v) is 7.42. The van der Waals surface area contributed by atoms with Crippen molar-refractivity contribution < 1.29 is 13.2 Å². The highest BCUT2D eigenvalue weighted by atomic mass is 32.2. The average Bonchev–Trinajstić information content (AvgIpc) is 2.70. The maximum absolute atomic E-state index is 11.2. The summed E-state index contributed by atoms with van der Waals surface area (Å²) in [7, 11) is -2.84. The number of hydrogen-bond donors (Lipinski definition) is 1. The normalized spacial score (nSPS) is 24.3. The van der Waals surface area contributed by atoms with Gasteiger partial charge in [-0.3, -0.25) is 0 Å². The van der Waals surface area contributed by atoms with Crippen LogP contribution in [0.25, 0.3) is 0 Å². The second-order valence-corrected chi connectivity index (χ2v) is 6.50. The summed E-state index contributed by atoms with van der Waals surface area (Å²) >= 11 is 0. The summed E-state index contributed by atoms with van der Waals surface area (Å²) < 4.78 is 28.0. The van der Waals surface area contributed by atoms with Gasteiger partial charge in [0.15, 0.2) is 9.84 Å². The minimum Gasteiger partial charge on any atom is -0.377 e. The summed E-state index contributed by atoms with van der Waals surface area (Å²) in [5.41, 5.74) is 0. The molecule has 2 unspecified atom stereocenters. The molecule has 90 valence electrons. The standard InChI is InChI=1S/C10H21NO3S/c1-3-15(12,13)8-6-11-9(2)10-5-4-7-14-10/h9-11H,3-8H2,1-2H3. The molecule has 15 heavy (non-hydrogen) atoms. The van der Waals surface area contributed by atoms with Gasteiger partial charge in [0.1, 0.15) is 0 Å². The number of hydrogen-bond acceptors (Lipinski definition) is 4. The van der Waals surface area contributed by atoms with E-state index in [-0.39, 0.29) is 23.7 Å². The minimum atomic E-state index is -2.84. The lowest BCUT2D eigenvalue weighted by Gasteiger charge is -2.19. The SMILES string of the molecule is CCS(=O)(=O)CCNC(C)C1CCCO1. The van der Waals surface area contributed by atoms with E-state index in [1.54, 1.807) is 6.92 Å². The molecule has 0 amide bonds. The Balaban J connectivity index is 2.19. The molecule has 1 N–H and O–H groups in total. The van der Waals surface area contributed by atoms with Gasteiger partial charge in [-0.2, -0.15) is 0 Å². The molecule has 0 aromatic rings. The zero-order chi connectivity index (χ0) is 11.3. The third kappa shape index (κ3) is 4.49. The van der Waals surface area contributed by atoms with Gasteiger partial charge in [0.25, 0.3) is 0 Å². The lowest BCUT2D eigenvalue weighted by atomic mass is 10.1. The first-order chi connectivity index (χ1) is 7.05. The first-order valence-electron chi connectivity index (χ1n) is 5.60. The highest BCUT2D eigenvalue weighted by Crippen LogP contribution is 2.15. The zero-order valence-electron chi connectivity index (χ0n) is 9.53. The third-order valence-corrected chi connectivity index (χ3v) is 4.55. The predicted octanol–water partition coefficient (Wildman–Crippen LogP) is 0.578. The van der Waals surface area contributed by atoms with E-state index in [1.807, 2.05) is 0 Å². The first kappa shape index (κ1) is 12.9. The van der Waals surface area contributed by atoms with Gasteiger partial charge in [0, 0.05) is 24.9 Å². The molecule has 0 aromatic heterocycles. The summed E-state index contributed by atoms with van der Waals surface area (Å²) in [5, 5.41) is 3.21. The van der Waals surface area contributed by atoms with Crippen molar-refractivity contribution in [3.63, 3.8) is 0 Å². The molecule has 1 saturated heterocycles. The van der Waals surface area contributed by atoms with E-state index in [0.29, 0.717) is 6.54 Å². The largest absolute Gasteiger partial charge is 0.377 e. The highest BCUT2D eigenvalue weighted by molar-refractivity contribution is 7.91. The van der Waals surface area contributed by atoms with Crippen molar-refractivity contribution in [2.24, 2.45) is 0 Å². The number of nitrogens with one attached hydrogen (secondary N) is 1. The van der Waals surface area contributed by atoms with Gasteiger partial charge in [-0.15, -0.1) is 0 Å². The molecule has 1 fully saturated rings. The fourth-order valence-electron chi connectivity index (χ4n) is 1.71. The van der Waals surface area contributed by atoms with Gasteiger partial charge in [0.2, 0.25) is 0 Å². The Morgan fingerprint density at radius 1 is 1.53 bits per heavy atom. The fraction of sp³-hybridized carbons (Fsp3) is 1.00. The van der Waals surface area contributed by atoms with Crippen LogP contribution in [0.15, 0.2) is 0 Å². The van der Waals surface area contributed by atoms with Crippen molar-refractivity contribution >= 4 is 9.84 Å².